The number of carbonyl (C=O) groups excluding carboxylic acids is 1. The second-order valence-corrected chi connectivity index (χ2v) is 7.27. The lowest BCUT2D eigenvalue weighted by molar-refractivity contribution is -0.121. The Labute approximate surface area is 166 Å². The number of aromatic nitrogens is 5. The van der Waals surface area contributed by atoms with E-state index in [0.717, 1.165) is 37.5 Å². The third-order valence-electron chi connectivity index (χ3n) is 5.32. The monoisotopic (exact) mass is 396 g/mol. The molecule has 0 aliphatic carbocycles. The fourth-order valence-corrected chi connectivity index (χ4v) is 3.81. The molecule has 0 unspecified atom stereocenters. The molecule has 0 fully saturated rings. The van der Waals surface area contributed by atoms with E-state index in [1.807, 2.05) is 0 Å². The number of nitrogens with zero attached hydrogens (tertiary/aromatic N) is 4. The molecule has 1 aromatic carbocycles. The highest BCUT2D eigenvalue weighted by atomic mass is 16.2. The topological polar surface area (TPSA) is 115 Å². The Bertz CT molecular complexity index is 1140. The molecule has 3 heterocycles. The summed E-state index contributed by atoms with van der Waals surface area (Å²) in [5, 5.41) is 11.9. The number of amides is 1. The average molecular weight is 396 g/mol. The lowest BCUT2D eigenvalue weighted by Gasteiger charge is -2.10. The first-order valence-corrected chi connectivity index (χ1v) is 10.0. The number of carbonyl (C=O) groups is 1. The molecule has 0 atom stereocenters. The highest BCUT2D eigenvalue weighted by Gasteiger charge is 2.15. The minimum Gasteiger partial charge on any atom is -0.356 e. The van der Waals surface area contributed by atoms with Crippen LogP contribution in [0.5, 0.6) is 0 Å². The Morgan fingerprint density at radius 1 is 1.14 bits per heavy atom. The molecule has 0 saturated carbocycles. The second kappa shape index (κ2) is 8.42. The Hall–Kier alpha value is -3.23. The molecule has 0 spiro atoms. The Morgan fingerprint density at radius 2 is 2.00 bits per heavy atom. The van der Waals surface area contributed by atoms with Crippen molar-refractivity contribution >= 4 is 16.8 Å². The summed E-state index contributed by atoms with van der Waals surface area (Å²) in [5.74, 6) is 1.79. The number of hydrogen-bond donors (Lipinski definition) is 2. The number of benzene rings is 1. The minimum absolute atomic E-state index is 0.147. The van der Waals surface area contributed by atoms with Gasteiger partial charge in [0.2, 0.25) is 5.91 Å². The third kappa shape index (κ3) is 4.13. The zero-order valence-corrected chi connectivity index (χ0v) is 16.2. The van der Waals surface area contributed by atoms with Gasteiger partial charge in [0.1, 0.15) is 11.6 Å². The van der Waals surface area contributed by atoms with Gasteiger partial charge in [0, 0.05) is 38.9 Å². The fraction of sp³-hybridized carbons (Fsp3) is 0.450. The molecule has 9 heteroatoms. The molecule has 2 aromatic heterocycles. The van der Waals surface area contributed by atoms with E-state index in [1.165, 1.54) is 11.0 Å². The van der Waals surface area contributed by atoms with E-state index in [9.17, 15) is 14.4 Å². The highest BCUT2D eigenvalue weighted by molar-refractivity contribution is 5.78. The molecule has 9 nitrogen and oxygen atoms in total. The Morgan fingerprint density at radius 3 is 2.90 bits per heavy atom. The molecular formula is C20H24N6O3. The van der Waals surface area contributed by atoms with Crippen LogP contribution in [0.2, 0.25) is 0 Å². The van der Waals surface area contributed by atoms with Gasteiger partial charge in [-0.25, -0.2) is 4.79 Å². The fourth-order valence-electron chi connectivity index (χ4n) is 3.81. The SMILES string of the molecule is O=C(CCn1c(=O)[nH]c(=O)c2ccccc21)NCCc1nnc2n1CCCCC2. The molecule has 2 N–H and O–H groups in total. The van der Waals surface area contributed by atoms with E-state index >= 15 is 0 Å². The van der Waals surface area contributed by atoms with Crippen LogP contribution in [0.4, 0.5) is 0 Å². The third-order valence-corrected chi connectivity index (χ3v) is 5.32. The van der Waals surface area contributed by atoms with E-state index in [1.54, 1.807) is 24.3 Å². The van der Waals surface area contributed by atoms with Crippen molar-refractivity contribution in [3.63, 3.8) is 0 Å². The number of hydrogen-bond acceptors (Lipinski definition) is 5. The van der Waals surface area contributed by atoms with E-state index in [0.29, 0.717) is 23.9 Å². The number of para-hydroxylation sites is 1. The maximum atomic E-state index is 12.3. The van der Waals surface area contributed by atoms with Gasteiger partial charge in [-0.1, -0.05) is 18.6 Å². The molecule has 1 aliphatic rings. The maximum Gasteiger partial charge on any atom is 0.328 e. The highest BCUT2D eigenvalue weighted by Crippen LogP contribution is 2.14. The molecule has 1 aliphatic heterocycles. The molecule has 152 valence electrons. The van der Waals surface area contributed by atoms with Crippen LogP contribution in [-0.4, -0.2) is 36.8 Å². The summed E-state index contributed by atoms with van der Waals surface area (Å²) >= 11 is 0. The van der Waals surface area contributed by atoms with Crippen LogP contribution >= 0.6 is 0 Å². The first kappa shape index (κ1) is 19.1. The zero-order chi connectivity index (χ0) is 20.2. The van der Waals surface area contributed by atoms with Crippen LogP contribution < -0.4 is 16.6 Å². The molecule has 29 heavy (non-hydrogen) atoms. The molecule has 0 saturated heterocycles. The molecular weight excluding hydrogens is 372 g/mol. The Kier molecular flexibility index (Phi) is 5.55. The van der Waals surface area contributed by atoms with Gasteiger partial charge in [-0.05, 0) is 25.0 Å². The van der Waals surface area contributed by atoms with Gasteiger partial charge in [-0.2, -0.15) is 0 Å². The van der Waals surface area contributed by atoms with Crippen molar-refractivity contribution in [1.29, 1.82) is 0 Å². The lowest BCUT2D eigenvalue weighted by Crippen LogP contribution is -2.33. The first-order chi connectivity index (χ1) is 14.1. The summed E-state index contributed by atoms with van der Waals surface area (Å²) in [6.45, 7) is 1.61. The van der Waals surface area contributed by atoms with Gasteiger partial charge in [-0.3, -0.25) is 19.1 Å². The van der Waals surface area contributed by atoms with E-state index < -0.39 is 11.2 Å². The number of H-pyrrole nitrogens is 1. The summed E-state index contributed by atoms with van der Waals surface area (Å²) in [4.78, 5) is 38.6. The van der Waals surface area contributed by atoms with Gasteiger partial charge in [0.05, 0.1) is 10.9 Å². The maximum absolute atomic E-state index is 12.3. The molecule has 0 bridgehead atoms. The van der Waals surface area contributed by atoms with Crippen molar-refractivity contribution < 1.29 is 4.79 Å². The summed E-state index contributed by atoms with van der Waals surface area (Å²) in [6.07, 6.45) is 5.22. The molecule has 3 aromatic rings. The first-order valence-electron chi connectivity index (χ1n) is 10.0. The van der Waals surface area contributed by atoms with E-state index in [4.69, 9.17) is 0 Å². The number of nitrogens with one attached hydrogen (secondary N) is 2. The Balaban J connectivity index is 1.35. The molecule has 4 rings (SSSR count). The number of fused-ring (bicyclic) bond motifs is 2. The van der Waals surface area contributed by atoms with Crippen molar-refractivity contribution in [2.24, 2.45) is 0 Å². The van der Waals surface area contributed by atoms with E-state index in [-0.39, 0.29) is 18.9 Å². The van der Waals surface area contributed by atoms with Crippen molar-refractivity contribution in [2.75, 3.05) is 6.54 Å². The number of aryl methyl sites for hydroxylation is 2. The van der Waals surface area contributed by atoms with Gasteiger partial charge >= 0.3 is 5.69 Å². The summed E-state index contributed by atoms with van der Waals surface area (Å²) in [6, 6.07) is 6.87. The standard InChI is InChI=1S/C20H24N6O3/c27-18(21-11-9-17-24-23-16-8-2-1-5-12-26(16)17)10-13-25-15-7-4-3-6-14(15)19(28)22-20(25)29/h3-4,6-7H,1-2,5,8-13H2,(H,21,27)(H,22,28,29). The summed E-state index contributed by atoms with van der Waals surface area (Å²) in [7, 11) is 0. The molecule has 0 radical (unpaired) electrons. The van der Waals surface area contributed by atoms with E-state index in [2.05, 4.69) is 25.1 Å². The zero-order valence-electron chi connectivity index (χ0n) is 16.2. The molecule has 1 amide bonds. The summed E-state index contributed by atoms with van der Waals surface area (Å²) < 4.78 is 3.60. The van der Waals surface area contributed by atoms with Crippen LogP contribution in [0.1, 0.15) is 37.3 Å². The average Bonchev–Trinajstić information content (AvgIpc) is 2.94. The van der Waals surface area contributed by atoms with Gasteiger partial charge in [0.25, 0.3) is 5.56 Å². The van der Waals surface area contributed by atoms with Crippen LogP contribution in [0, 0.1) is 0 Å². The van der Waals surface area contributed by atoms with Gasteiger partial charge < -0.3 is 9.88 Å². The van der Waals surface area contributed by atoms with Crippen molar-refractivity contribution in [3.8, 4) is 0 Å². The van der Waals surface area contributed by atoms with Crippen LogP contribution in [-0.2, 0) is 30.7 Å². The smallest absolute Gasteiger partial charge is 0.328 e. The summed E-state index contributed by atoms with van der Waals surface area (Å²) in [5.41, 5.74) is -0.397. The largest absolute Gasteiger partial charge is 0.356 e. The van der Waals surface area contributed by atoms with Crippen molar-refractivity contribution in [1.82, 2.24) is 29.6 Å². The van der Waals surface area contributed by atoms with Gasteiger partial charge in [-0.15, -0.1) is 10.2 Å². The number of rotatable bonds is 6. The lowest BCUT2D eigenvalue weighted by atomic mass is 10.2. The van der Waals surface area contributed by atoms with Crippen LogP contribution in [0.25, 0.3) is 10.9 Å². The van der Waals surface area contributed by atoms with Crippen molar-refractivity contribution in [3.05, 3.63) is 56.8 Å². The van der Waals surface area contributed by atoms with Gasteiger partial charge in [0.15, 0.2) is 0 Å². The minimum atomic E-state index is -0.507. The predicted molar refractivity (Wildman–Crippen MR) is 108 cm³/mol. The second-order valence-electron chi connectivity index (χ2n) is 7.27. The van der Waals surface area contributed by atoms with Crippen LogP contribution in [0.3, 0.4) is 0 Å². The normalized spacial score (nSPS) is 13.8. The van der Waals surface area contributed by atoms with Crippen LogP contribution in [0.15, 0.2) is 33.9 Å². The quantitative estimate of drug-likeness (QED) is 0.638. The van der Waals surface area contributed by atoms with Crippen molar-refractivity contribution in [2.45, 2.75) is 51.6 Å². The number of aromatic amines is 1. The predicted octanol–water partition coefficient (Wildman–Crippen LogP) is 0.757.